The zero-order valence-electron chi connectivity index (χ0n) is 12.1. The van der Waals surface area contributed by atoms with Crippen molar-refractivity contribution in [1.82, 2.24) is 4.90 Å². The third kappa shape index (κ3) is 3.16. The molecule has 0 amide bonds. The van der Waals surface area contributed by atoms with Gasteiger partial charge in [-0.15, -0.1) is 0 Å². The number of carbonyl (C=O) groups excluding carboxylic acids is 1. The summed E-state index contributed by atoms with van der Waals surface area (Å²) in [6.07, 6.45) is 2.18. The number of benzene rings is 1. The predicted octanol–water partition coefficient (Wildman–Crippen LogP) is 2.87. The van der Waals surface area contributed by atoms with E-state index in [1.807, 2.05) is 6.92 Å². The Bertz CT molecular complexity index is 431. The number of piperidine rings is 1. The van der Waals surface area contributed by atoms with Crippen molar-refractivity contribution >= 4 is 5.97 Å². The summed E-state index contributed by atoms with van der Waals surface area (Å²) < 4.78 is 5.84. The van der Waals surface area contributed by atoms with Gasteiger partial charge in [-0.05, 0) is 19.5 Å². The smallest absolute Gasteiger partial charge is 0.306 e. The molecular weight excluding hydrogens is 238 g/mol. The van der Waals surface area contributed by atoms with Crippen molar-refractivity contribution in [1.29, 1.82) is 0 Å². The lowest BCUT2D eigenvalue weighted by Crippen LogP contribution is -2.43. The maximum Gasteiger partial charge on any atom is 0.306 e. The summed E-state index contributed by atoms with van der Waals surface area (Å²) in [5.74, 6) is -0.106. The minimum absolute atomic E-state index is 0.106. The van der Waals surface area contributed by atoms with Crippen LogP contribution < -0.4 is 0 Å². The van der Waals surface area contributed by atoms with Crippen LogP contribution in [0.2, 0.25) is 0 Å². The van der Waals surface area contributed by atoms with Gasteiger partial charge in [0.1, 0.15) is 5.60 Å². The average Bonchev–Trinajstić information content (AvgIpc) is 2.42. The van der Waals surface area contributed by atoms with Gasteiger partial charge in [-0.2, -0.15) is 0 Å². The van der Waals surface area contributed by atoms with Crippen molar-refractivity contribution in [2.75, 3.05) is 20.1 Å². The highest BCUT2D eigenvalue weighted by Gasteiger charge is 2.38. The Morgan fingerprint density at radius 1 is 1.26 bits per heavy atom. The van der Waals surface area contributed by atoms with Crippen molar-refractivity contribution in [2.24, 2.45) is 0 Å². The van der Waals surface area contributed by atoms with Crippen molar-refractivity contribution in [3.05, 3.63) is 35.4 Å². The van der Waals surface area contributed by atoms with Crippen LogP contribution in [-0.4, -0.2) is 31.0 Å². The molecule has 1 saturated heterocycles. The first-order valence-electron chi connectivity index (χ1n) is 7.03. The molecule has 3 heteroatoms. The molecule has 1 fully saturated rings. The molecule has 2 rings (SSSR count). The fourth-order valence-electron chi connectivity index (χ4n) is 2.58. The standard InChI is InChI=1S/C16H23NO2/c1-4-15(18)19-16(9-11-17(3)12-10-16)14-7-5-13(2)6-8-14/h5-8H,4,9-12H2,1-3H3. The van der Waals surface area contributed by atoms with E-state index in [1.165, 1.54) is 5.56 Å². The molecule has 0 saturated carbocycles. The number of hydrogen-bond acceptors (Lipinski definition) is 3. The van der Waals surface area contributed by atoms with E-state index in [2.05, 4.69) is 43.1 Å². The summed E-state index contributed by atoms with van der Waals surface area (Å²) in [4.78, 5) is 14.1. The van der Waals surface area contributed by atoms with Crippen molar-refractivity contribution in [2.45, 2.75) is 38.7 Å². The molecular formula is C16H23NO2. The Labute approximate surface area is 115 Å². The zero-order valence-corrected chi connectivity index (χ0v) is 12.1. The van der Waals surface area contributed by atoms with Gasteiger partial charge in [0.05, 0.1) is 0 Å². The molecule has 0 aromatic heterocycles. The van der Waals surface area contributed by atoms with Gasteiger partial charge in [0.15, 0.2) is 0 Å². The van der Waals surface area contributed by atoms with Gasteiger partial charge in [0.25, 0.3) is 0 Å². The van der Waals surface area contributed by atoms with E-state index >= 15 is 0 Å². The van der Waals surface area contributed by atoms with Gasteiger partial charge in [-0.1, -0.05) is 36.8 Å². The molecule has 3 nitrogen and oxygen atoms in total. The Hall–Kier alpha value is -1.35. The zero-order chi connectivity index (χ0) is 13.9. The van der Waals surface area contributed by atoms with Crippen molar-refractivity contribution in [3.8, 4) is 0 Å². The average molecular weight is 261 g/mol. The Kier molecular flexibility index (Phi) is 4.25. The van der Waals surface area contributed by atoms with Crippen LogP contribution in [0.5, 0.6) is 0 Å². The first kappa shape index (κ1) is 14.1. The summed E-state index contributed by atoms with van der Waals surface area (Å²) in [5.41, 5.74) is 1.94. The first-order chi connectivity index (χ1) is 9.05. The number of likely N-dealkylation sites (tertiary alicyclic amines) is 1. The van der Waals surface area contributed by atoms with Gasteiger partial charge in [0, 0.05) is 32.4 Å². The maximum absolute atomic E-state index is 11.8. The molecule has 0 atom stereocenters. The molecule has 0 N–H and O–H groups in total. The molecule has 0 unspecified atom stereocenters. The Balaban J connectivity index is 2.28. The number of hydrogen-bond donors (Lipinski definition) is 0. The summed E-state index contributed by atoms with van der Waals surface area (Å²) in [7, 11) is 2.11. The third-order valence-electron chi connectivity index (χ3n) is 3.97. The number of carbonyl (C=O) groups is 1. The molecule has 0 spiro atoms. The highest BCUT2D eigenvalue weighted by atomic mass is 16.6. The van der Waals surface area contributed by atoms with Crippen LogP contribution in [0.15, 0.2) is 24.3 Å². The molecule has 104 valence electrons. The van der Waals surface area contributed by atoms with Gasteiger partial charge < -0.3 is 9.64 Å². The fourth-order valence-corrected chi connectivity index (χ4v) is 2.58. The van der Waals surface area contributed by atoms with Gasteiger partial charge in [0.2, 0.25) is 0 Å². The highest BCUT2D eigenvalue weighted by molar-refractivity contribution is 5.69. The normalized spacial score (nSPS) is 19.1. The van der Waals surface area contributed by atoms with E-state index in [4.69, 9.17) is 4.74 Å². The number of esters is 1. The van der Waals surface area contributed by atoms with E-state index in [-0.39, 0.29) is 5.97 Å². The fraction of sp³-hybridized carbons (Fsp3) is 0.562. The SMILES string of the molecule is CCC(=O)OC1(c2ccc(C)cc2)CCN(C)CC1. The molecule has 1 aliphatic rings. The maximum atomic E-state index is 11.8. The van der Waals surface area contributed by atoms with Crippen LogP contribution in [0.3, 0.4) is 0 Å². The third-order valence-corrected chi connectivity index (χ3v) is 3.97. The number of nitrogens with zero attached hydrogens (tertiary/aromatic N) is 1. The quantitative estimate of drug-likeness (QED) is 0.784. The molecule has 1 aromatic carbocycles. The second kappa shape index (κ2) is 5.74. The van der Waals surface area contributed by atoms with Crippen LogP contribution >= 0.6 is 0 Å². The molecule has 0 radical (unpaired) electrons. The minimum Gasteiger partial charge on any atom is -0.454 e. The first-order valence-corrected chi connectivity index (χ1v) is 7.03. The molecule has 0 aliphatic carbocycles. The van der Waals surface area contributed by atoms with Gasteiger partial charge >= 0.3 is 5.97 Å². The lowest BCUT2D eigenvalue weighted by molar-refractivity contribution is -0.166. The van der Waals surface area contributed by atoms with Crippen LogP contribution in [0.4, 0.5) is 0 Å². The van der Waals surface area contributed by atoms with Crippen LogP contribution in [0, 0.1) is 6.92 Å². The van der Waals surface area contributed by atoms with E-state index in [0.717, 1.165) is 31.5 Å². The van der Waals surface area contributed by atoms with Crippen LogP contribution in [0.1, 0.15) is 37.3 Å². The molecule has 1 heterocycles. The topological polar surface area (TPSA) is 29.5 Å². The number of rotatable bonds is 3. The Morgan fingerprint density at radius 3 is 2.37 bits per heavy atom. The summed E-state index contributed by atoms with van der Waals surface area (Å²) >= 11 is 0. The Morgan fingerprint density at radius 2 is 1.84 bits per heavy atom. The van der Waals surface area contributed by atoms with E-state index < -0.39 is 5.60 Å². The van der Waals surface area contributed by atoms with Gasteiger partial charge in [-0.3, -0.25) is 4.79 Å². The lowest BCUT2D eigenvalue weighted by atomic mass is 9.84. The second-order valence-electron chi connectivity index (χ2n) is 5.49. The summed E-state index contributed by atoms with van der Waals surface area (Å²) in [5, 5.41) is 0. The van der Waals surface area contributed by atoms with E-state index in [9.17, 15) is 4.79 Å². The van der Waals surface area contributed by atoms with E-state index in [1.54, 1.807) is 0 Å². The molecule has 1 aromatic rings. The summed E-state index contributed by atoms with van der Waals surface area (Å²) in [6, 6.07) is 8.39. The second-order valence-corrected chi connectivity index (χ2v) is 5.49. The largest absolute Gasteiger partial charge is 0.454 e. The highest BCUT2D eigenvalue weighted by Crippen LogP contribution is 2.37. The lowest BCUT2D eigenvalue weighted by Gasteiger charge is -2.40. The number of aryl methyl sites for hydroxylation is 1. The monoisotopic (exact) mass is 261 g/mol. The van der Waals surface area contributed by atoms with E-state index in [0.29, 0.717) is 6.42 Å². The minimum atomic E-state index is -0.423. The number of ether oxygens (including phenoxy) is 1. The predicted molar refractivity (Wildman–Crippen MR) is 76.0 cm³/mol. The van der Waals surface area contributed by atoms with Crippen molar-refractivity contribution in [3.63, 3.8) is 0 Å². The van der Waals surface area contributed by atoms with Crippen LogP contribution in [0.25, 0.3) is 0 Å². The molecule has 1 aliphatic heterocycles. The molecule has 19 heavy (non-hydrogen) atoms. The summed E-state index contributed by atoms with van der Waals surface area (Å²) in [6.45, 7) is 5.85. The van der Waals surface area contributed by atoms with Gasteiger partial charge in [-0.25, -0.2) is 0 Å². The van der Waals surface area contributed by atoms with Crippen LogP contribution in [-0.2, 0) is 15.1 Å². The molecule has 0 bridgehead atoms. The van der Waals surface area contributed by atoms with Crippen molar-refractivity contribution < 1.29 is 9.53 Å².